The van der Waals surface area contributed by atoms with Crippen LogP contribution in [0.5, 0.6) is 0 Å². The van der Waals surface area contributed by atoms with Crippen LogP contribution in [0.1, 0.15) is 35.6 Å². The molecule has 9 heteroatoms. The van der Waals surface area contributed by atoms with Crippen molar-refractivity contribution >= 4 is 16.7 Å². The molecule has 2 aromatic carbocycles. The predicted octanol–water partition coefficient (Wildman–Crippen LogP) is 5.50. The van der Waals surface area contributed by atoms with Gasteiger partial charge in [0, 0.05) is 23.2 Å². The van der Waals surface area contributed by atoms with E-state index in [1.165, 1.54) is 6.07 Å². The van der Waals surface area contributed by atoms with Crippen LogP contribution in [-0.4, -0.2) is 20.6 Å². The van der Waals surface area contributed by atoms with Crippen LogP contribution in [0, 0.1) is 6.92 Å². The highest BCUT2D eigenvalue weighted by Crippen LogP contribution is 2.35. The number of tetrazole rings is 1. The molecule has 0 amide bonds. The van der Waals surface area contributed by atoms with Crippen LogP contribution in [0.15, 0.2) is 40.8 Å². The molecule has 0 aliphatic carbocycles. The highest BCUT2D eigenvalue weighted by atomic mass is 19.4. The van der Waals surface area contributed by atoms with E-state index >= 15 is 0 Å². The number of hydrogen-bond acceptors (Lipinski definition) is 5. The number of furan rings is 1. The fraction of sp³-hybridized carbons (Fsp3) is 0.286. The summed E-state index contributed by atoms with van der Waals surface area (Å²) in [4.78, 5) is 0. The summed E-state index contributed by atoms with van der Waals surface area (Å²) in [5.74, 6) is 0.997. The van der Waals surface area contributed by atoms with Crippen LogP contribution >= 0.6 is 0 Å². The number of aryl methyl sites for hydroxylation is 2. The van der Waals surface area contributed by atoms with Crippen LogP contribution in [0.3, 0.4) is 0 Å². The number of anilines is 1. The smallest absolute Gasteiger partial charge is 0.416 e. The minimum atomic E-state index is -4.37. The van der Waals surface area contributed by atoms with Gasteiger partial charge in [0.1, 0.15) is 5.58 Å². The molecule has 0 saturated heterocycles. The lowest BCUT2D eigenvalue weighted by Crippen LogP contribution is -2.10. The molecule has 30 heavy (non-hydrogen) atoms. The maximum Gasteiger partial charge on any atom is 0.416 e. The number of nitrogens with zero attached hydrogens (tertiary/aromatic N) is 3. The monoisotopic (exact) mass is 415 g/mol. The second-order valence-corrected chi connectivity index (χ2v) is 7.11. The van der Waals surface area contributed by atoms with Gasteiger partial charge in [0.15, 0.2) is 5.76 Å². The van der Waals surface area contributed by atoms with Crippen molar-refractivity contribution in [3.8, 4) is 11.6 Å². The van der Waals surface area contributed by atoms with Gasteiger partial charge in [0.25, 0.3) is 0 Å². The third-order valence-corrected chi connectivity index (χ3v) is 4.99. The summed E-state index contributed by atoms with van der Waals surface area (Å²) in [5.41, 5.74) is 2.65. The van der Waals surface area contributed by atoms with Gasteiger partial charge in [0.2, 0.25) is 5.82 Å². The van der Waals surface area contributed by atoms with Gasteiger partial charge < -0.3 is 9.73 Å². The molecule has 2 N–H and O–H groups in total. The fourth-order valence-electron chi connectivity index (χ4n) is 3.50. The number of fused-ring (bicyclic) bond motifs is 1. The highest BCUT2D eigenvalue weighted by molar-refractivity contribution is 5.87. The van der Waals surface area contributed by atoms with E-state index in [1.54, 1.807) is 12.1 Å². The van der Waals surface area contributed by atoms with Crippen LogP contribution in [-0.2, 0) is 19.1 Å². The zero-order valence-corrected chi connectivity index (χ0v) is 16.5. The molecule has 156 valence electrons. The lowest BCUT2D eigenvalue weighted by atomic mass is 10.0. The second-order valence-electron chi connectivity index (χ2n) is 7.11. The summed E-state index contributed by atoms with van der Waals surface area (Å²) in [5, 5.41) is 17.7. The number of benzene rings is 2. The van der Waals surface area contributed by atoms with Gasteiger partial charge in [-0.25, -0.2) is 5.10 Å². The van der Waals surface area contributed by atoms with E-state index < -0.39 is 11.7 Å². The molecule has 0 aliphatic heterocycles. The Hall–Kier alpha value is -3.36. The minimum absolute atomic E-state index is 0.320. The molecule has 0 radical (unpaired) electrons. The number of hydrogen-bond donors (Lipinski definition) is 2. The number of halogens is 3. The second kappa shape index (κ2) is 7.81. The fourth-order valence-corrected chi connectivity index (χ4v) is 3.50. The first-order valence-electron chi connectivity index (χ1n) is 9.57. The first-order chi connectivity index (χ1) is 14.4. The Morgan fingerprint density at radius 1 is 1.13 bits per heavy atom. The normalized spacial score (nSPS) is 11.9. The van der Waals surface area contributed by atoms with Crippen molar-refractivity contribution in [3.63, 3.8) is 0 Å². The van der Waals surface area contributed by atoms with Crippen molar-refractivity contribution in [2.45, 2.75) is 39.4 Å². The maximum absolute atomic E-state index is 13.4. The van der Waals surface area contributed by atoms with E-state index in [2.05, 4.69) is 25.9 Å². The van der Waals surface area contributed by atoms with E-state index in [0.29, 0.717) is 47.8 Å². The van der Waals surface area contributed by atoms with E-state index in [9.17, 15) is 13.2 Å². The standard InChI is InChI=1S/C21H20F3N5O/c1-3-4-14-6-7-15(10-17(14)21(22,23)24)25-11-13-5-8-18-16(9-13)12(2)19(30-18)20-26-28-29-27-20/h5-10,25H,3-4,11H2,1-2H3,(H,26,27,28,29). The minimum Gasteiger partial charge on any atom is -0.452 e. The molecule has 2 heterocycles. The zero-order valence-electron chi connectivity index (χ0n) is 16.5. The van der Waals surface area contributed by atoms with Gasteiger partial charge in [-0.3, -0.25) is 0 Å². The molecule has 4 aromatic rings. The Kier molecular flexibility index (Phi) is 5.19. The third-order valence-electron chi connectivity index (χ3n) is 4.99. The van der Waals surface area contributed by atoms with Crippen LogP contribution in [0.4, 0.5) is 18.9 Å². The molecule has 0 fully saturated rings. The van der Waals surface area contributed by atoms with E-state index in [1.807, 2.05) is 32.0 Å². The molecular formula is C21H20F3N5O. The van der Waals surface area contributed by atoms with Crippen LogP contribution in [0.25, 0.3) is 22.6 Å². The van der Waals surface area contributed by atoms with Gasteiger partial charge in [0.05, 0.1) is 5.56 Å². The summed E-state index contributed by atoms with van der Waals surface area (Å²) in [6.45, 7) is 4.15. The number of H-pyrrole nitrogens is 1. The van der Waals surface area contributed by atoms with Crippen LogP contribution in [0.2, 0.25) is 0 Å². The first-order valence-corrected chi connectivity index (χ1v) is 9.57. The highest BCUT2D eigenvalue weighted by Gasteiger charge is 2.33. The number of rotatable bonds is 6. The number of aromatic amines is 1. The first kappa shape index (κ1) is 19.9. The SMILES string of the molecule is CCCc1ccc(NCc2ccc3oc(-c4nnn[nH]4)c(C)c3c2)cc1C(F)(F)F. The molecule has 0 atom stereocenters. The largest absolute Gasteiger partial charge is 0.452 e. The topological polar surface area (TPSA) is 79.6 Å². The Balaban J connectivity index is 1.57. The quantitative estimate of drug-likeness (QED) is 0.434. The van der Waals surface area contributed by atoms with Gasteiger partial charge >= 0.3 is 6.18 Å². The third kappa shape index (κ3) is 3.87. The number of nitrogens with one attached hydrogen (secondary N) is 2. The van der Waals surface area contributed by atoms with E-state index in [4.69, 9.17) is 4.42 Å². The molecule has 2 aromatic heterocycles. The van der Waals surface area contributed by atoms with Crippen molar-refractivity contribution in [2.75, 3.05) is 5.32 Å². The predicted molar refractivity (Wildman–Crippen MR) is 107 cm³/mol. The van der Waals surface area contributed by atoms with Crippen molar-refractivity contribution in [2.24, 2.45) is 0 Å². The van der Waals surface area contributed by atoms with Gasteiger partial charge in [-0.15, -0.1) is 5.10 Å². The average Bonchev–Trinajstić information content (AvgIpc) is 3.35. The molecular weight excluding hydrogens is 395 g/mol. The van der Waals surface area contributed by atoms with Crippen molar-refractivity contribution in [3.05, 3.63) is 58.7 Å². The molecule has 4 rings (SSSR count). The average molecular weight is 415 g/mol. The summed E-state index contributed by atoms with van der Waals surface area (Å²) in [6, 6.07) is 10.1. The molecule has 0 unspecified atom stereocenters. The lowest BCUT2D eigenvalue weighted by Gasteiger charge is -2.15. The Bertz CT molecular complexity index is 1170. The Morgan fingerprint density at radius 3 is 2.67 bits per heavy atom. The van der Waals surface area contributed by atoms with E-state index in [0.717, 1.165) is 16.5 Å². The number of alkyl halides is 3. The summed E-state index contributed by atoms with van der Waals surface area (Å²) >= 11 is 0. The lowest BCUT2D eigenvalue weighted by molar-refractivity contribution is -0.138. The number of aromatic nitrogens is 4. The zero-order chi connectivity index (χ0) is 21.3. The maximum atomic E-state index is 13.4. The molecule has 0 aliphatic rings. The Labute approximate surface area is 170 Å². The van der Waals surface area contributed by atoms with Crippen molar-refractivity contribution < 1.29 is 17.6 Å². The summed E-state index contributed by atoms with van der Waals surface area (Å²) < 4.78 is 46.0. The molecule has 0 bridgehead atoms. The summed E-state index contributed by atoms with van der Waals surface area (Å²) in [7, 11) is 0. The van der Waals surface area contributed by atoms with Crippen molar-refractivity contribution in [1.29, 1.82) is 0 Å². The van der Waals surface area contributed by atoms with Gasteiger partial charge in [-0.2, -0.15) is 13.2 Å². The summed E-state index contributed by atoms with van der Waals surface area (Å²) in [6.07, 6.45) is -3.32. The Morgan fingerprint density at radius 2 is 1.97 bits per heavy atom. The molecule has 0 spiro atoms. The van der Waals surface area contributed by atoms with Crippen LogP contribution < -0.4 is 5.32 Å². The van der Waals surface area contributed by atoms with E-state index in [-0.39, 0.29) is 0 Å². The molecule has 0 saturated carbocycles. The van der Waals surface area contributed by atoms with Crippen molar-refractivity contribution in [1.82, 2.24) is 20.6 Å². The van der Waals surface area contributed by atoms with Gasteiger partial charge in [-0.1, -0.05) is 25.5 Å². The van der Waals surface area contributed by atoms with Gasteiger partial charge in [-0.05, 0) is 59.2 Å². The molecule has 6 nitrogen and oxygen atoms in total.